The van der Waals surface area contributed by atoms with Gasteiger partial charge in [-0.05, 0) is 54.6 Å². The standard InChI is InChI=1S/C20H13ClFN3O/c21-16-11-14(9-10-18(16)26)23-20-15-3-1-2-4-17(15)24-19(25-20)12-5-7-13(22)8-6-12/h1-11,26H,(H,23,24,25). The number of aromatic nitrogens is 2. The highest BCUT2D eigenvalue weighted by atomic mass is 35.5. The number of halogens is 2. The summed E-state index contributed by atoms with van der Waals surface area (Å²) in [6, 6.07) is 18.5. The van der Waals surface area contributed by atoms with Crippen LogP contribution in [0.3, 0.4) is 0 Å². The molecule has 0 atom stereocenters. The van der Waals surface area contributed by atoms with E-state index in [9.17, 15) is 9.50 Å². The maximum absolute atomic E-state index is 13.2. The van der Waals surface area contributed by atoms with Crippen LogP contribution in [0.5, 0.6) is 5.75 Å². The van der Waals surface area contributed by atoms with Crippen molar-refractivity contribution in [2.24, 2.45) is 0 Å². The van der Waals surface area contributed by atoms with Crippen LogP contribution < -0.4 is 5.32 Å². The van der Waals surface area contributed by atoms with Crippen LogP contribution in [0.25, 0.3) is 22.3 Å². The molecule has 0 amide bonds. The van der Waals surface area contributed by atoms with Gasteiger partial charge in [0.2, 0.25) is 0 Å². The lowest BCUT2D eigenvalue weighted by atomic mass is 10.1. The molecule has 1 heterocycles. The molecule has 26 heavy (non-hydrogen) atoms. The summed E-state index contributed by atoms with van der Waals surface area (Å²) in [6.45, 7) is 0. The van der Waals surface area contributed by atoms with Crippen LogP contribution in [-0.2, 0) is 0 Å². The largest absolute Gasteiger partial charge is 0.506 e. The smallest absolute Gasteiger partial charge is 0.162 e. The minimum Gasteiger partial charge on any atom is -0.506 e. The van der Waals surface area contributed by atoms with Gasteiger partial charge in [0.05, 0.1) is 10.5 Å². The van der Waals surface area contributed by atoms with Crippen molar-refractivity contribution in [1.29, 1.82) is 0 Å². The highest BCUT2D eigenvalue weighted by Crippen LogP contribution is 2.31. The molecule has 0 spiro atoms. The van der Waals surface area contributed by atoms with Crippen molar-refractivity contribution in [2.45, 2.75) is 0 Å². The lowest BCUT2D eigenvalue weighted by Gasteiger charge is -2.11. The van der Waals surface area contributed by atoms with Gasteiger partial charge in [-0.25, -0.2) is 14.4 Å². The quantitative estimate of drug-likeness (QED) is 0.468. The monoisotopic (exact) mass is 365 g/mol. The molecule has 1 aromatic heterocycles. The zero-order chi connectivity index (χ0) is 18.1. The summed E-state index contributed by atoms with van der Waals surface area (Å²) in [6.07, 6.45) is 0. The van der Waals surface area contributed by atoms with Crippen molar-refractivity contribution in [3.8, 4) is 17.1 Å². The summed E-state index contributed by atoms with van der Waals surface area (Å²) >= 11 is 5.98. The SMILES string of the molecule is Oc1ccc(Nc2nc(-c3ccc(F)cc3)nc3ccccc23)cc1Cl. The molecule has 128 valence electrons. The van der Waals surface area contributed by atoms with Crippen LogP contribution in [0, 0.1) is 5.82 Å². The van der Waals surface area contributed by atoms with E-state index in [0.29, 0.717) is 22.9 Å². The topological polar surface area (TPSA) is 58.0 Å². The molecule has 0 saturated carbocycles. The van der Waals surface area contributed by atoms with Crippen LogP contribution in [0.2, 0.25) is 5.02 Å². The first-order valence-corrected chi connectivity index (χ1v) is 8.26. The minimum absolute atomic E-state index is 0.0109. The van der Waals surface area contributed by atoms with Crippen LogP contribution in [0.15, 0.2) is 66.7 Å². The summed E-state index contributed by atoms with van der Waals surface area (Å²) in [5.41, 5.74) is 2.15. The van der Waals surface area contributed by atoms with E-state index in [1.54, 1.807) is 24.3 Å². The Kier molecular flexibility index (Phi) is 4.14. The second-order valence-corrected chi connectivity index (χ2v) is 6.12. The molecule has 4 nitrogen and oxygen atoms in total. The van der Waals surface area contributed by atoms with Gasteiger partial charge < -0.3 is 10.4 Å². The average Bonchev–Trinajstić information content (AvgIpc) is 2.65. The zero-order valence-electron chi connectivity index (χ0n) is 13.4. The molecule has 0 saturated heterocycles. The van der Waals surface area contributed by atoms with E-state index in [-0.39, 0.29) is 16.6 Å². The number of phenols is 1. The van der Waals surface area contributed by atoms with Crippen molar-refractivity contribution in [3.05, 3.63) is 77.6 Å². The summed E-state index contributed by atoms with van der Waals surface area (Å²) in [7, 11) is 0. The Bertz CT molecular complexity index is 1100. The molecule has 3 aromatic carbocycles. The molecular weight excluding hydrogens is 353 g/mol. The Morgan fingerprint density at radius 3 is 2.46 bits per heavy atom. The van der Waals surface area contributed by atoms with Gasteiger partial charge in [-0.2, -0.15) is 0 Å². The fourth-order valence-corrected chi connectivity index (χ4v) is 2.80. The molecule has 0 aliphatic carbocycles. The van der Waals surface area contributed by atoms with E-state index in [1.807, 2.05) is 24.3 Å². The number of aromatic hydroxyl groups is 1. The third-order valence-corrected chi connectivity index (χ3v) is 4.22. The molecular formula is C20H13ClFN3O. The summed E-state index contributed by atoms with van der Waals surface area (Å²) < 4.78 is 13.2. The third-order valence-electron chi connectivity index (χ3n) is 3.92. The van der Waals surface area contributed by atoms with E-state index < -0.39 is 0 Å². The Labute approximate surface area is 153 Å². The molecule has 6 heteroatoms. The number of para-hydroxylation sites is 1. The molecule has 0 fully saturated rings. The molecule has 0 aliphatic rings. The van der Waals surface area contributed by atoms with Crippen molar-refractivity contribution < 1.29 is 9.50 Å². The number of fused-ring (bicyclic) bond motifs is 1. The highest BCUT2D eigenvalue weighted by molar-refractivity contribution is 6.32. The average molecular weight is 366 g/mol. The van der Waals surface area contributed by atoms with Gasteiger partial charge in [0, 0.05) is 16.6 Å². The summed E-state index contributed by atoms with van der Waals surface area (Å²) in [5, 5.41) is 13.9. The summed E-state index contributed by atoms with van der Waals surface area (Å²) in [4.78, 5) is 9.17. The van der Waals surface area contributed by atoms with Gasteiger partial charge in [0.25, 0.3) is 0 Å². The Hall–Kier alpha value is -3.18. The molecule has 0 aliphatic heterocycles. The van der Waals surface area contributed by atoms with Crippen LogP contribution in [0.1, 0.15) is 0 Å². The number of nitrogens with zero attached hydrogens (tertiary/aromatic N) is 2. The first-order chi connectivity index (χ1) is 12.6. The van der Waals surface area contributed by atoms with Gasteiger partial charge in [0.15, 0.2) is 5.82 Å². The van der Waals surface area contributed by atoms with Gasteiger partial charge in [-0.1, -0.05) is 23.7 Å². The lowest BCUT2D eigenvalue weighted by molar-refractivity contribution is 0.475. The maximum atomic E-state index is 13.2. The highest BCUT2D eigenvalue weighted by Gasteiger charge is 2.10. The van der Waals surface area contributed by atoms with E-state index in [2.05, 4.69) is 15.3 Å². The zero-order valence-corrected chi connectivity index (χ0v) is 14.2. The second kappa shape index (κ2) is 6.61. The molecule has 2 N–H and O–H groups in total. The third kappa shape index (κ3) is 3.17. The van der Waals surface area contributed by atoms with Crippen LogP contribution in [-0.4, -0.2) is 15.1 Å². The van der Waals surface area contributed by atoms with Crippen molar-refractivity contribution in [2.75, 3.05) is 5.32 Å². The second-order valence-electron chi connectivity index (χ2n) is 5.71. The lowest BCUT2D eigenvalue weighted by Crippen LogP contribution is -1.99. The Morgan fingerprint density at radius 2 is 1.69 bits per heavy atom. The van der Waals surface area contributed by atoms with E-state index in [1.165, 1.54) is 18.2 Å². The van der Waals surface area contributed by atoms with Crippen molar-refractivity contribution in [1.82, 2.24) is 9.97 Å². The van der Waals surface area contributed by atoms with Gasteiger partial charge in [-0.15, -0.1) is 0 Å². The number of hydrogen-bond acceptors (Lipinski definition) is 4. The normalized spacial score (nSPS) is 10.8. The van der Waals surface area contributed by atoms with Crippen molar-refractivity contribution in [3.63, 3.8) is 0 Å². The fourth-order valence-electron chi connectivity index (χ4n) is 2.62. The number of rotatable bonds is 3. The first-order valence-electron chi connectivity index (χ1n) is 7.88. The molecule has 4 aromatic rings. The number of benzene rings is 3. The predicted molar refractivity (Wildman–Crippen MR) is 101 cm³/mol. The maximum Gasteiger partial charge on any atom is 0.162 e. The van der Waals surface area contributed by atoms with Gasteiger partial charge >= 0.3 is 0 Å². The number of anilines is 2. The van der Waals surface area contributed by atoms with Crippen molar-refractivity contribution >= 4 is 34.0 Å². The molecule has 4 rings (SSSR count). The first kappa shape index (κ1) is 16.3. The van der Waals surface area contributed by atoms with E-state index in [0.717, 1.165) is 10.9 Å². The minimum atomic E-state index is -0.313. The molecule has 0 radical (unpaired) electrons. The Balaban J connectivity index is 1.84. The fraction of sp³-hybridized carbons (Fsp3) is 0. The van der Waals surface area contributed by atoms with E-state index >= 15 is 0 Å². The van der Waals surface area contributed by atoms with Gasteiger partial charge in [-0.3, -0.25) is 0 Å². The van der Waals surface area contributed by atoms with Gasteiger partial charge in [0.1, 0.15) is 17.4 Å². The molecule has 0 bridgehead atoms. The number of phenolic OH excluding ortho intramolecular Hbond substituents is 1. The predicted octanol–water partition coefficient (Wildman–Crippen LogP) is 5.54. The van der Waals surface area contributed by atoms with E-state index in [4.69, 9.17) is 11.6 Å². The molecule has 0 unspecified atom stereocenters. The number of nitrogens with one attached hydrogen (secondary N) is 1. The Morgan fingerprint density at radius 1 is 0.923 bits per heavy atom. The van der Waals surface area contributed by atoms with Crippen LogP contribution in [0.4, 0.5) is 15.9 Å². The summed E-state index contributed by atoms with van der Waals surface area (Å²) in [5.74, 6) is 0.774. The van der Waals surface area contributed by atoms with Crippen LogP contribution >= 0.6 is 11.6 Å². The number of hydrogen-bond donors (Lipinski definition) is 2.